The summed E-state index contributed by atoms with van der Waals surface area (Å²) in [6, 6.07) is 3.52. The summed E-state index contributed by atoms with van der Waals surface area (Å²) < 4.78 is 0. The van der Waals surface area contributed by atoms with Crippen molar-refractivity contribution in [3.05, 3.63) is 24.5 Å². The fraction of sp³-hybridized carbons (Fsp3) is 0.600. The normalized spacial score (nSPS) is 21.4. The summed E-state index contributed by atoms with van der Waals surface area (Å²) in [5, 5.41) is 2.91. The van der Waals surface area contributed by atoms with E-state index in [2.05, 4.69) is 10.3 Å². The lowest BCUT2D eigenvalue weighted by Crippen LogP contribution is -2.46. The van der Waals surface area contributed by atoms with E-state index in [1.165, 1.54) is 0 Å². The topological polar surface area (TPSA) is 82.6 Å². The lowest BCUT2D eigenvalue weighted by Gasteiger charge is -2.34. The van der Waals surface area contributed by atoms with E-state index >= 15 is 0 Å². The van der Waals surface area contributed by atoms with Gasteiger partial charge < -0.3 is 15.1 Å². The summed E-state index contributed by atoms with van der Waals surface area (Å²) in [7, 11) is 0. The predicted molar refractivity (Wildman–Crippen MR) is 102 cm³/mol. The van der Waals surface area contributed by atoms with Gasteiger partial charge in [0.05, 0.1) is 5.92 Å². The monoisotopic (exact) mass is 372 g/mol. The van der Waals surface area contributed by atoms with Crippen molar-refractivity contribution in [3.8, 4) is 0 Å². The standard InChI is InChI=1S/C20H28N4O3/c1-20(2,3)24-13-15(12-17(24)25)19(27)23-10-6-14(7-11-23)18(26)22-16-4-8-21-9-5-16/h4-5,8-9,14-15H,6-7,10-13H2,1-3H3,(H,21,22,26). The maximum atomic E-state index is 12.8. The average molecular weight is 372 g/mol. The molecular formula is C20H28N4O3. The summed E-state index contributed by atoms with van der Waals surface area (Å²) in [5.41, 5.74) is 0.477. The molecule has 1 atom stereocenters. The zero-order chi connectivity index (χ0) is 19.6. The maximum Gasteiger partial charge on any atom is 0.227 e. The molecule has 0 aliphatic carbocycles. The van der Waals surface area contributed by atoms with Gasteiger partial charge >= 0.3 is 0 Å². The van der Waals surface area contributed by atoms with Crippen molar-refractivity contribution in [1.82, 2.24) is 14.8 Å². The van der Waals surface area contributed by atoms with Crippen molar-refractivity contribution in [2.24, 2.45) is 11.8 Å². The number of hydrogen-bond donors (Lipinski definition) is 1. The fourth-order valence-corrected chi connectivity index (χ4v) is 3.82. The molecule has 3 heterocycles. The highest BCUT2D eigenvalue weighted by Gasteiger charge is 2.41. The third-order valence-electron chi connectivity index (χ3n) is 5.41. The molecular weight excluding hydrogens is 344 g/mol. The van der Waals surface area contributed by atoms with Gasteiger partial charge in [-0.2, -0.15) is 0 Å². The van der Waals surface area contributed by atoms with E-state index in [0.29, 0.717) is 38.9 Å². The molecule has 1 aromatic rings. The van der Waals surface area contributed by atoms with Gasteiger partial charge in [-0.15, -0.1) is 0 Å². The maximum absolute atomic E-state index is 12.8. The first-order valence-electron chi connectivity index (χ1n) is 9.56. The molecule has 2 aliphatic heterocycles. The first kappa shape index (κ1) is 19.3. The van der Waals surface area contributed by atoms with Crippen LogP contribution in [0.1, 0.15) is 40.0 Å². The van der Waals surface area contributed by atoms with Crippen LogP contribution in [0.4, 0.5) is 5.69 Å². The Hall–Kier alpha value is -2.44. The zero-order valence-electron chi connectivity index (χ0n) is 16.3. The number of amides is 3. The number of hydrogen-bond acceptors (Lipinski definition) is 4. The van der Waals surface area contributed by atoms with Crippen LogP contribution in [0.3, 0.4) is 0 Å². The van der Waals surface area contributed by atoms with E-state index in [9.17, 15) is 14.4 Å². The smallest absolute Gasteiger partial charge is 0.227 e. The highest BCUT2D eigenvalue weighted by atomic mass is 16.2. The molecule has 0 saturated carbocycles. The number of anilines is 1. The fourth-order valence-electron chi connectivity index (χ4n) is 3.82. The molecule has 2 aliphatic rings. The highest BCUT2D eigenvalue weighted by Crippen LogP contribution is 2.28. The molecule has 2 fully saturated rings. The summed E-state index contributed by atoms with van der Waals surface area (Å²) in [4.78, 5) is 45.0. The Morgan fingerprint density at radius 2 is 1.74 bits per heavy atom. The number of carbonyl (C=O) groups excluding carboxylic acids is 3. The van der Waals surface area contributed by atoms with E-state index in [-0.39, 0.29) is 35.1 Å². The van der Waals surface area contributed by atoms with Gasteiger partial charge in [0.25, 0.3) is 0 Å². The van der Waals surface area contributed by atoms with Crippen LogP contribution < -0.4 is 5.32 Å². The zero-order valence-corrected chi connectivity index (χ0v) is 16.3. The quantitative estimate of drug-likeness (QED) is 0.879. The van der Waals surface area contributed by atoms with Gasteiger partial charge in [-0.3, -0.25) is 19.4 Å². The molecule has 27 heavy (non-hydrogen) atoms. The lowest BCUT2D eigenvalue weighted by atomic mass is 9.94. The molecule has 0 bridgehead atoms. The Labute approximate surface area is 160 Å². The van der Waals surface area contributed by atoms with E-state index < -0.39 is 0 Å². The van der Waals surface area contributed by atoms with Crippen LogP contribution in [-0.4, -0.2) is 57.7 Å². The van der Waals surface area contributed by atoms with Crippen molar-refractivity contribution in [2.75, 3.05) is 25.0 Å². The number of nitrogens with zero attached hydrogens (tertiary/aromatic N) is 3. The minimum Gasteiger partial charge on any atom is -0.342 e. The number of piperidine rings is 1. The third kappa shape index (κ3) is 4.46. The summed E-state index contributed by atoms with van der Waals surface area (Å²) >= 11 is 0. The molecule has 3 rings (SSSR count). The second-order valence-electron chi connectivity index (χ2n) is 8.40. The van der Waals surface area contributed by atoms with Crippen LogP contribution in [0.5, 0.6) is 0 Å². The van der Waals surface area contributed by atoms with Gasteiger partial charge in [-0.05, 0) is 45.7 Å². The Morgan fingerprint density at radius 3 is 2.30 bits per heavy atom. The number of likely N-dealkylation sites (tertiary alicyclic amines) is 2. The van der Waals surface area contributed by atoms with E-state index in [1.807, 2.05) is 25.7 Å². The number of rotatable bonds is 3. The Kier molecular flexibility index (Phi) is 5.48. The first-order valence-corrected chi connectivity index (χ1v) is 9.56. The molecule has 2 saturated heterocycles. The molecule has 1 N–H and O–H groups in total. The molecule has 146 valence electrons. The SMILES string of the molecule is CC(C)(C)N1CC(C(=O)N2CCC(C(=O)Nc3ccncc3)CC2)CC1=O. The minimum absolute atomic E-state index is 0.0109. The van der Waals surface area contributed by atoms with Crippen molar-refractivity contribution >= 4 is 23.4 Å². The molecule has 0 aromatic carbocycles. The van der Waals surface area contributed by atoms with Crippen LogP contribution in [0.2, 0.25) is 0 Å². The summed E-state index contributed by atoms with van der Waals surface area (Å²) in [6.07, 6.45) is 4.86. The van der Waals surface area contributed by atoms with Gasteiger partial charge in [-0.1, -0.05) is 0 Å². The lowest BCUT2D eigenvalue weighted by molar-refractivity contribution is -0.138. The van der Waals surface area contributed by atoms with Crippen molar-refractivity contribution < 1.29 is 14.4 Å². The molecule has 0 radical (unpaired) electrons. The Bertz CT molecular complexity index is 706. The van der Waals surface area contributed by atoms with E-state index in [1.54, 1.807) is 29.4 Å². The van der Waals surface area contributed by atoms with E-state index in [4.69, 9.17) is 0 Å². The Morgan fingerprint density at radius 1 is 1.11 bits per heavy atom. The highest BCUT2D eigenvalue weighted by molar-refractivity contribution is 5.93. The van der Waals surface area contributed by atoms with Crippen molar-refractivity contribution in [2.45, 2.75) is 45.6 Å². The third-order valence-corrected chi connectivity index (χ3v) is 5.41. The first-order chi connectivity index (χ1) is 12.8. The number of carbonyl (C=O) groups is 3. The van der Waals surface area contributed by atoms with Crippen molar-refractivity contribution in [1.29, 1.82) is 0 Å². The van der Waals surface area contributed by atoms with Crippen LogP contribution in [0.25, 0.3) is 0 Å². The molecule has 1 aromatic heterocycles. The summed E-state index contributed by atoms with van der Waals surface area (Å²) in [6.45, 7) is 7.59. The van der Waals surface area contributed by atoms with Gasteiger partial charge in [0.2, 0.25) is 17.7 Å². The molecule has 1 unspecified atom stereocenters. The number of pyridine rings is 1. The molecule has 0 spiro atoms. The molecule has 3 amide bonds. The number of aromatic nitrogens is 1. The van der Waals surface area contributed by atoms with E-state index in [0.717, 1.165) is 5.69 Å². The van der Waals surface area contributed by atoms with Crippen LogP contribution in [0.15, 0.2) is 24.5 Å². The molecule has 7 nitrogen and oxygen atoms in total. The van der Waals surface area contributed by atoms with Gasteiger partial charge in [0.1, 0.15) is 0 Å². The van der Waals surface area contributed by atoms with Gasteiger partial charge in [0, 0.05) is 55.6 Å². The molecule has 7 heteroatoms. The summed E-state index contributed by atoms with van der Waals surface area (Å²) in [5.74, 6) is -0.281. The van der Waals surface area contributed by atoms with Gasteiger partial charge in [0.15, 0.2) is 0 Å². The van der Waals surface area contributed by atoms with Crippen molar-refractivity contribution in [3.63, 3.8) is 0 Å². The number of nitrogens with one attached hydrogen (secondary N) is 1. The predicted octanol–water partition coefficient (Wildman–Crippen LogP) is 1.91. The minimum atomic E-state index is -0.265. The second-order valence-corrected chi connectivity index (χ2v) is 8.40. The van der Waals surface area contributed by atoms with Crippen LogP contribution in [-0.2, 0) is 14.4 Å². The van der Waals surface area contributed by atoms with Crippen LogP contribution >= 0.6 is 0 Å². The van der Waals surface area contributed by atoms with Crippen LogP contribution in [0, 0.1) is 11.8 Å². The van der Waals surface area contributed by atoms with Gasteiger partial charge in [-0.25, -0.2) is 0 Å². The average Bonchev–Trinajstić information content (AvgIpc) is 3.04. The largest absolute Gasteiger partial charge is 0.342 e. The second kappa shape index (κ2) is 7.66. The Balaban J connectivity index is 1.51.